The summed E-state index contributed by atoms with van der Waals surface area (Å²) < 4.78 is 0. The van der Waals surface area contributed by atoms with Crippen LogP contribution >= 0.6 is 0 Å². The van der Waals surface area contributed by atoms with Crippen molar-refractivity contribution >= 4 is 41.8 Å². The van der Waals surface area contributed by atoms with E-state index in [0.29, 0.717) is 0 Å². The first-order chi connectivity index (χ1) is 13.4. The molecule has 0 heterocycles. The molecular formula is C14H20O16. The molecule has 16 nitrogen and oxygen atoms in total. The highest BCUT2D eigenvalue weighted by Gasteiger charge is 2.40. The maximum atomic E-state index is 10.3. The molecule has 1 unspecified atom stereocenters. The van der Waals surface area contributed by atoms with Gasteiger partial charge in [0.2, 0.25) is 0 Å². The van der Waals surface area contributed by atoms with Crippen molar-refractivity contribution in [3.63, 3.8) is 0 Å². The lowest BCUT2D eigenvalue weighted by atomic mass is 9.96. The predicted molar refractivity (Wildman–Crippen MR) is 87.5 cm³/mol. The minimum Gasteiger partial charge on any atom is -0.481 e. The van der Waals surface area contributed by atoms with Crippen LogP contribution in [0.15, 0.2) is 0 Å². The molecule has 0 aliphatic heterocycles. The number of carbonyl (C=O) groups is 7. The molecule has 0 aromatic carbocycles. The molecule has 9 N–H and O–H groups in total. The fourth-order valence-corrected chi connectivity index (χ4v) is 1.18. The van der Waals surface area contributed by atoms with Gasteiger partial charge in [0, 0.05) is 0 Å². The second-order valence-corrected chi connectivity index (χ2v) is 5.22. The SMILES string of the molecule is O=C(O)CC(O)(CC(=O)O)C(=O)O.O=C(O)CC(O)C(=O)O.O=C(O)CCC(=O)O. The molecule has 0 spiro atoms. The second-order valence-electron chi connectivity index (χ2n) is 5.22. The highest BCUT2D eigenvalue weighted by atomic mass is 16.4. The van der Waals surface area contributed by atoms with Crippen LogP contribution in [-0.2, 0) is 33.6 Å². The maximum absolute atomic E-state index is 10.3. The summed E-state index contributed by atoms with van der Waals surface area (Å²) in [6.45, 7) is 0. The third kappa shape index (κ3) is 20.5. The molecule has 0 amide bonds. The Morgan fingerprint density at radius 2 is 0.933 bits per heavy atom. The Morgan fingerprint density at radius 1 is 0.600 bits per heavy atom. The summed E-state index contributed by atoms with van der Waals surface area (Å²) in [5.41, 5.74) is -2.74. The summed E-state index contributed by atoms with van der Waals surface area (Å²) in [5.74, 6) is -10.0. The number of hydrogen-bond donors (Lipinski definition) is 9. The molecule has 0 saturated heterocycles. The first-order valence-corrected chi connectivity index (χ1v) is 7.40. The minimum atomic E-state index is -2.74. The molecule has 0 radical (unpaired) electrons. The standard InChI is InChI=1S/C6H8O7.C4H6O5.C4H6O4/c7-3(8)1-6(13,5(11)12)2-4(9)10;5-2(4(8)9)1-3(6)7;5-3(6)1-2-4(7)8/h13H,1-2H2,(H,7,8)(H,9,10)(H,11,12);2,5H,1H2,(H,6,7)(H,8,9);1-2H2,(H,5,6)(H,7,8). The molecule has 30 heavy (non-hydrogen) atoms. The van der Waals surface area contributed by atoms with Gasteiger partial charge in [-0.3, -0.25) is 24.0 Å². The van der Waals surface area contributed by atoms with E-state index in [1.807, 2.05) is 0 Å². The molecule has 0 rings (SSSR count). The van der Waals surface area contributed by atoms with Crippen molar-refractivity contribution in [1.82, 2.24) is 0 Å². The van der Waals surface area contributed by atoms with E-state index in [2.05, 4.69) is 0 Å². The largest absolute Gasteiger partial charge is 0.481 e. The first kappa shape index (κ1) is 30.9. The summed E-state index contributed by atoms with van der Waals surface area (Å²) in [6.07, 6.45) is -5.43. The van der Waals surface area contributed by atoms with Gasteiger partial charge in [0.05, 0.1) is 32.1 Å². The Kier molecular flexibility index (Phi) is 15.6. The second kappa shape index (κ2) is 15.2. The Morgan fingerprint density at radius 3 is 1.07 bits per heavy atom. The van der Waals surface area contributed by atoms with Crippen molar-refractivity contribution in [2.75, 3.05) is 0 Å². The topological polar surface area (TPSA) is 302 Å². The van der Waals surface area contributed by atoms with E-state index in [0.717, 1.165) is 0 Å². The maximum Gasteiger partial charge on any atom is 0.336 e. The van der Waals surface area contributed by atoms with Crippen LogP contribution in [0.1, 0.15) is 32.1 Å². The lowest BCUT2D eigenvalue weighted by molar-refractivity contribution is -0.170. The molecule has 0 fully saturated rings. The van der Waals surface area contributed by atoms with Gasteiger partial charge in [0.25, 0.3) is 0 Å². The number of carboxylic acid groups (broad SMARTS) is 7. The van der Waals surface area contributed by atoms with E-state index in [4.69, 9.17) is 46.0 Å². The smallest absolute Gasteiger partial charge is 0.336 e. The van der Waals surface area contributed by atoms with Crippen LogP contribution in [0.4, 0.5) is 0 Å². The molecule has 0 aliphatic rings. The third-order valence-corrected chi connectivity index (χ3v) is 2.49. The average Bonchev–Trinajstić information content (AvgIpc) is 2.51. The molecular weight excluding hydrogens is 424 g/mol. The summed E-state index contributed by atoms with van der Waals surface area (Å²) in [4.78, 5) is 69.2. The van der Waals surface area contributed by atoms with Gasteiger partial charge in [-0.1, -0.05) is 0 Å². The number of aliphatic hydroxyl groups excluding tert-OH is 1. The number of aliphatic carboxylic acids is 7. The molecule has 0 bridgehead atoms. The Balaban J connectivity index is -0.000000379. The van der Waals surface area contributed by atoms with Gasteiger partial charge in [-0.25, -0.2) is 9.59 Å². The zero-order chi connectivity index (χ0) is 24.7. The highest BCUT2D eigenvalue weighted by Crippen LogP contribution is 2.15. The van der Waals surface area contributed by atoms with Gasteiger partial charge < -0.3 is 46.0 Å². The number of rotatable bonds is 11. The van der Waals surface area contributed by atoms with Crippen LogP contribution in [-0.4, -0.2) is 99.4 Å². The average molecular weight is 444 g/mol. The Bertz CT molecular complexity index is 620. The van der Waals surface area contributed by atoms with Gasteiger partial charge in [0.15, 0.2) is 11.7 Å². The predicted octanol–water partition coefficient (Wildman–Crippen LogP) is -2.41. The molecule has 16 heteroatoms. The van der Waals surface area contributed by atoms with Crippen molar-refractivity contribution in [3.8, 4) is 0 Å². The summed E-state index contributed by atoms with van der Waals surface area (Å²) in [7, 11) is 0. The van der Waals surface area contributed by atoms with Gasteiger partial charge >= 0.3 is 41.8 Å². The van der Waals surface area contributed by atoms with Gasteiger partial charge in [-0.05, 0) is 0 Å². The van der Waals surface area contributed by atoms with E-state index in [-0.39, 0.29) is 12.8 Å². The van der Waals surface area contributed by atoms with Crippen LogP contribution < -0.4 is 0 Å². The molecule has 0 aromatic rings. The lowest BCUT2D eigenvalue weighted by Crippen LogP contribution is -2.42. The molecule has 0 aromatic heterocycles. The van der Waals surface area contributed by atoms with Crippen LogP contribution in [0.3, 0.4) is 0 Å². The summed E-state index contributed by atoms with van der Waals surface area (Å²) >= 11 is 0. The zero-order valence-corrected chi connectivity index (χ0v) is 15.0. The molecule has 172 valence electrons. The van der Waals surface area contributed by atoms with Crippen molar-refractivity contribution in [2.24, 2.45) is 0 Å². The van der Waals surface area contributed by atoms with Gasteiger partial charge in [-0.15, -0.1) is 0 Å². The molecule has 1 atom stereocenters. The van der Waals surface area contributed by atoms with E-state index >= 15 is 0 Å². The summed E-state index contributed by atoms with van der Waals surface area (Å²) in [5, 5.41) is 73.8. The van der Waals surface area contributed by atoms with Crippen LogP contribution in [0.2, 0.25) is 0 Å². The molecule has 0 saturated carbocycles. The fourth-order valence-electron chi connectivity index (χ4n) is 1.18. The van der Waals surface area contributed by atoms with Crippen molar-refractivity contribution in [3.05, 3.63) is 0 Å². The van der Waals surface area contributed by atoms with Crippen LogP contribution in [0, 0.1) is 0 Å². The van der Waals surface area contributed by atoms with Crippen molar-refractivity contribution in [1.29, 1.82) is 0 Å². The Hall–Kier alpha value is -3.79. The number of aliphatic hydroxyl groups is 2. The molecule has 0 aliphatic carbocycles. The quantitative estimate of drug-likeness (QED) is 0.160. The minimum absolute atomic E-state index is 0.296. The van der Waals surface area contributed by atoms with E-state index < -0.39 is 72.8 Å². The zero-order valence-electron chi connectivity index (χ0n) is 15.0. The van der Waals surface area contributed by atoms with Gasteiger partial charge in [0.1, 0.15) is 0 Å². The number of hydrogen-bond acceptors (Lipinski definition) is 9. The Labute approximate surface area is 166 Å². The number of carboxylic acids is 7. The van der Waals surface area contributed by atoms with Gasteiger partial charge in [-0.2, -0.15) is 0 Å². The first-order valence-electron chi connectivity index (χ1n) is 7.40. The fraction of sp³-hybridized carbons (Fsp3) is 0.500. The lowest BCUT2D eigenvalue weighted by Gasteiger charge is -2.18. The van der Waals surface area contributed by atoms with Crippen LogP contribution in [0.5, 0.6) is 0 Å². The van der Waals surface area contributed by atoms with E-state index in [9.17, 15) is 33.6 Å². The monoisotopic (exact) mass is 444 g/mol. The van der Waals surface area contributed by atoms with Crippen molar-refractivity contribution in [2.45, 2.75) is 43.8 Å². The summed E-state index contributed by atoms with van der Waals surface area (Å²) in [6, 6.07) is 0. The van der Waals surface area contributed by atoms with E-state index in [1.54, 1.807) is 0 Å². The third-order valence-electron chi connectivity index (χ3n) is 2.49. The van der Waals surface area contributed by atoms with Crippen LogP contribution in [0.25, 0.3) is 0 Å². The highest BCUT2D eigenvalue weighted by molar-refractivity contribution is 5.88. The normalized spacial score (nSPS) is 10.7. The van der Waals surface area contributed by atoms with Crippen molar-refractivity contribution < 1.29 is 79.5 Å². The van der Waals surface area contributed by atoms with E-state index in [1.165, 1.54) is 0 Å².